The van der Waals surface area contributed by atoms with E-state index in [-0.39, 0.29) is 39.1 Å². The van der Waals surface area contributed by atoms with Gasteiger partial charge in [0.2, 0.25) is 0 Å². The minimum absolute atomic E-state index is 0. The molecule has 0 bridgehead atoms. The van der Waals surface area contributed by atoms with Gasteiger partial charge >= 0.3 is 0 Å². The molecule has 0 amide bonds. The number of alkyl halides is 1. The van der Waals surface area contributed by atoms with E-state index in [9.17, 15) is 4.39 Å². The van der Waals surface area contributed by atoms with Gasteiger partial charge in [-0.15, -0.1) is 34.0 Å². The highest BCUT2D eigenvalue weighted by molar-refractivity contribution is 8.93. The molecule has 0 saturated carbocycles. The van der Waals surface area contributed by atoms with Gasteiger partial charge in [0.1, 0.15) is 0 Å². The van der Waals surface area contributed by atoms with E-state index in [1.807, 2.05) is 6.07 Å². The SMILES string of the molecule is Br.Br.N=C(N)SC(F)c1ccccc1. The maximum atomic E-state index is 13.1. The summed E-state index contributed by atoms with van der Waals surface area (Å²) in [5.74, 6) is 0. The van der Waals surface area contributed by atoms with Gasteiger partial charge in [-0.1, -0.05) is 30.3 Å². The number of rotatable bonds is 2. The van der Waals surface area contributed by atoms with Crippen LogP contribution in [0.3, 0.4) is 0 Å². The number of benzene rings is 1. The fourth-order valence-electron chi connectivity index (χ4n) is 0.784. The molecule has 1 aromatic carbocycles. The molecule has 1 aromatic rings. The number of amidine groups is 1. The van der Waals surface area contributed by atoms with E-state index in [1.165, 1.54) is 0 Å². The normalized spacial score (nSPS) is 10.6. The first-order valence-electron chi connectivity index (χ1n) is 3.40. The zero-order valence-corrected chi connectivity index (χ0v) is 11.4. The van der Waals surface area contributed by atoms with Crippen LogP contribution in [0.5, 0.6) is 0 Å². The fourth-order valence-corrected chi connectivity index (χ4v) is 1.30. The van der Waals surface area contributed by atoms with E-state index in [1.54, 1.807) is 24.3 Å². The molecule has 0 aliphatic rings. The van der Waals surface area contributed by atoms with Gasteiger partial charge in [-0.3, -0.25) is 5.41 Å². The molecule has 0 fully saturated rings. The molecule has 0 spiro atoms. The first-order valence-corrected chi connectivity index (χ1v) is 4.28. The Hall–Kier alpha value is -0.0700. The number of nitrogens with two attached hydrogens (primary N) is 1. The van der Waals surface area contributed by atoms with E-state index < -0.39 is 5.50 Å². The second kappa shape index (κ2) is 8.26. The molecule has 1 atom stereocenters. The summed E-state index contributed by atoms with van der Waals surface area (Å²) in [6.07, 6.45) is 0. The Labute approximate surface area is 108 Å². The maximum absolute atomic E-state index is 13.1. The highest BCUT2D eigenvalue weighted by Gasteiger charge is 2.10. The first-order chi connectivity index (χ1) is 5.70. The van der Waals surface area contributed by atoms with E-state index >= 15 is 0 Å². The smallest absolute Gasteiger partial charge is 0.178 e. The van der Waals surface area contributed by atoms with Crippen molar-refractivity contribution in [1.29, 1.82) is 5.41 Å². The molecule has 6 heteroatoms. The third-order valence-electron chi connectivity index (χ3n) is 1.29. The lowest BCUT2D eigenvalue weighted by molar-refractivity contribution is 0.471. The molecule has 1 unspecified atom stereocenters. The zero-order valence-electron chi connectivity index (χ0n) is 7.14. The van der Waals surface area contributed by atoms with Crippen LogP contribution in [0.15, 0.2) is 30.3 Å². The van der Waals surface area contributed by atoms with Crippen molar-refractivity contribution >= 4 is 50.9 Å². The number of hydrogen-bond acceptors (Lipinski definition) is 2. The molecule has 14 heavy (non-hydrogen) atoms. The summed E-state index contributed by atoms with van der Waals surface area (Å²) in [7, 11) is 0. The van der Waals surface area contributed by atoms with Crippen LogP contribution < -0.4 is 5.73 Å². The van der Waals surface area contributed by atoms with Gasteiger partial charge < -0.3 is 5.73 Å². The second-order valence-corrected chi connectivity index (χ2v) is 3.30. The van der Waals surface area contributed by atoms with E-state index in [4.69, 9.17) is 11.1 Å². The van der Waals surface area contributed by atoms with E-state index in [0.29, 0.717) is 17.3 Å². The minimum Gasteiger partial charge on any atom is -0.379 e. The summed E-state index contributed by atoms with van der Waals surface area (Å²) in [5.41, 5.74) is 4.34. The van der Waals surface area contributed by atoms with E-state index in [2.05, 4.69) is 0 Å². The summed E-state index contributed by atoms with van der Waals surface area (Å²) in [5, 5.41) is 6.67. The van der Waals surface area contributed by atoms with E-state index in [0.717, 1.165) is 0 Å². The Bertz CT molecular complexity index is 271. The molecule has 0 aromatic heterocycles. The lowest BCUT2D eigenvalue weighted by atomic mass is 10.2. The average molecular weight is 346 g/mol. The van der Waals surface area contributed by atoms with Crippen LogP contribution >= 0.6 is 45.7 Å². The van der Waals surface area contributed by atoms with Crippen molar-refractivity contribution in [3.8, 4) is 0 Å². The zero-order chi connectivity index (χ0) is 8.97. The predicted molar refractivity (Wildman–Crippen MR) is 70.4 cm³/mol. The Morgan fingerprint density at radius 2 is 1.79 bits per heavy atom. The Morgan fingerprint density at radius 3 is 2.21 bits per heavy atom. The summed E-state index contributed by atoms with van der Waals surface area (Å²) >= 11 is 0.702. The largest absolute Gasteiger partial charge is 0.379 e. The minimum atomic E-state index is -1.23. The maximum Gasteiger partial charge on any atom is 0.178 e. The van der Waals surface area contributed by atoms with Crippen LogP contribution in [0.4, 0.5) is 4.39 Å². The van der Waals surface area contributed by atoms with Crippen molar-refractivity contribution < 1.29 is 4.39 Å². The molecule has 1 rings (SSSR count). The standard InChI is InChI=1S/C8H9FN2S.2BrH/c9-7(12-8(10)11)6-4-2-1-3-5-6;;/h1-5,7H,(H3,10,11);2*1H. The van der Waals surface area contributed by atoms with Crippen molar-refractivity contribution in [3.63, 3.8) is 0 Å². The van der Waals surface area contributed by atoms with Gasteiger partial charge in [0.25, 0.3) is 0 Å². The molecule has 2 nitrogen and oxygen atoms in total. The number of nitrogens with one attached hydrogen (secondary N) is 1. The molecule has 0 aliphatic carbocycles. The molecule has 3 N–H and O–H groups in total. The molecular weight excluding hydrogens is 335 g/mol. The average Bonchev–Trinajstić information content (AvgIpc) is 2.05. The molecule has 80 valence electrons. The van der Waals surface area contributed by atoms with Crippen molar-refractivity contribution in [2.75, 3.05) is 0 Å². The fraction of sp³-hybridized carbons (Fsp3) is 0.125. The summed E-state index contributed by atoms with van der Waals surface area (Å²) in [4.78, 5) is 0. The van der Waals surface area contributed by atoms with Crippen LogP contribution in [0.2, 0.25) is 0 Å². The van der Waals surface area contributed by atoms with Crippen molar-refractivity contribution in [2.24, 2.45) is 5.73 Å². The van der Waals surface area contributed by atoms with Crippen LogP contribution in [0.25, 0.3) is 0 Å². The van der Waals surface area contributed by atoms with Gasteiger partial charge in [0.05, 0.1) is 0 Å². The van der Waals surface area contributed by atoms with Gasteiger partial charge in [-0.2, -0.15) is 0 Å². The van der Waals surface area contributed by atoms with Crippen molar-refractivity contribution in [2.45, 2.75) is 5.50 Å². The highest BCUT2D eigenvalue weighted by Crippen LogP contribution is 2.28. The number of thioether (sulfide) groups is 1. The molecule has 0 heterocycles. The predicted octanol–water partition coefficient (Wildman–Crippen LogP) is 3.44. The van der Waals surface area contributed by atoms with Crippen LogP contribution in [0.1, 0.15) is 11.1 Å². The summed E-state index contributed by atoms with van der Waals surface area (Å²) < 4.78 is 13.1. The molecule has 0 aliphatic heterocycles. The highest BCUT2D eigenvalue weighted by atomic mass is 79.9. The molecule has 0 radical (unpaired) electrons. The molecule has 0 saturated heterocycles. The van der Waals surface area contributed by atoms with Gasteiger partial charge in [-0.05, 0) is 17.3 Å². The topological polar surface area (TPSA) is 49.9 Å². The van der Waals surface area contributed by atoms with Crippen LogP contribution in [-0.4, -0.2) is 5.17 Å². The Balaban J connectivity index is 0. The van der Waals surface area contributed by atoms with Crippen LogP contribution in [-0.2, 0) is 0 Å². The Morgan fingerprint density at radius 1 is 1.29 bits per heavy atom. The third-order valence-corrected chi connectivity index (χ3v) is 2.03. The quantitative estimate of drug-likeness (QED) is 0.637. The summed E-state index contributed by atoms with van der Waals surface area (Å²) in [6.45, 7) is 0. The number of hydrogen-bond donors (Lipinski definition) is 2. The lowest BCUT2D eigenvalue weighted by Crippen LogP contribution is -2.05. The van der Waals surface area contributed by atoms with Gasteiger partial charge in [0, 0.05) is 0 Å². The second-order valence-electron chi connectivity index (χ2n) is 2.21. The third kappa shape index (κ3) is 5.62. The monoisotopic (exact) mass is 344 g/mol. The number of halogens is 3. The van der Waals surface area contributed by atoms with Crippen molar-refractivity contribution in [3.05, 3.63) is 35.9 Å². The van der Waals surface area contributed by atoms with Gasteiger partial charge in [-0.25, -0.2) is 4.39 Å². The van der Waals surface area contributed by atoms with Crippen LogP contribution in [0, 0.1) is 5.41 Å². The summed E-state index contributed by atoms with van der Waals surface area (Å²) in [6, 6.07) is 8.65. The molecular formula is C8H11Br2FN2S. The first kappa shape index (κ1) is 16.4. The lowest BCUT2D eigenvalue weighted by Gasteiger charge is -2.05. The van der Waals surface area contributed by atoms with Gasteiger partial charge in [0.15, 0.2) is 10.7 Å². The van der Waals surface area contributed by atoms with Crippen molar-refractivity contribution in [1.82, 2.24) is 0 Å². The Kier molecular flexibility index (Phi) is 9.65.